The Morgan fingerprint density at radius 1 is 1.38 bits per heavy atom. The highest BCUT2D eigenvalue weighted by Gasteiger charge is 2.21. The largest absolute Gasteiger partial charge is 0.318 e. The van der Waals surface area contributed by atoms with Crippen molar-refractivity contribution in [3.8, 4) is 0 Å². The third-order valence-electron chi connectivity index (χ3n) is 3.91. The average molecular weight is 315 g/mol. The van der Waals surface area contributed by atoms with Crippen LogP contribution in [0.1, 0.15) is 12.8 Å². The van der Waals surface area contributed by atoms with Gasteiger partial charge in [-0.15, -0.1) is 0 Å². The molecule has 0 radical (unpaired) electrons. The molecule has 0 aromatic carbocycles. The maximum atomic E-state index is 12.2. The molecule has 1 aliphatic heterocycles. The quantitative estimate of drug-likeness (QED) is 0.724. The molecule has 0 spiro atoms. The Kier molecular flexibility index (Phi) is 5.74. The summed E-state index contributed by atoms with van der Waals surface area (Å²) in [6, 6.07) is 0. The monoisotopic (exact) mass is 315 g/mol. The van der Waals surface area contributed by atoms with Crippen molar-refractivity contribution < 1.29 is 8.42 Å². The minimum absolute atomic E-state index is 0.242. The van der Waals surface area contributed by atoms with Crippen LogP contribution in [0.15, 0.2) is 17.3 Å². The topological polar surface area (TPSA) is 79.3 Å². The van der Waals surface area contributed by atoms with Crippen molar-refractivity contribution in [2.75, 3.05) is 40.3 Å². The molecule has 0 saturated carbocycles. The molecule has 2 heterocycles. The minimum atomic E-state index is -3.44. The van der Waals surface area contributed by atoms with Crippen LogP contribution in [0.5, 0.6) is 0 Å². The van der Waals surface area contributed by atoms with E-state index < -0.39 is 10.0 Å². The van der Waals surface area contributed by atoms with E-state index in [-0.39, 0.29) is 4.90 Å². The van der Waals surface area contributed by atoms with E-state index in [1.54, 1.807) is 10.9 Å². The molecule has 120 valence electrons. The minimum Gasteiger partial charge on any atom is -0.318 e. The fraction of sp³-hybridized carbons (Fsp3) is 0.769. The molecule has 1 saturated heterocycles. The first-order valence-electron chi connectivity index (χ1n) is 7.36. The van der Waals surface area contributed by atoms with Crippen LogP contribution in [0.2, 0.25) is 0 Å². The second-order valence-electron chi connectivity index (χ2n) is 5.64. The normalized spacial score (nSPS) is 18.2. The first kappa shape index (κ1) is 16.4. The lowest BCUT2D eigenvalue weighted by molar-refractivity contribution is 0.220. The molecule has 21 heavy (non-hydrogen) atoms. The van der Waals surface area contributed by atoms with Crippen LogP contribution in [0, 0.1) is 5.92 Å². The molecule has 2 N–H and O–H groups in total. The molecule has 8 heteroatoms. The second-order valence-corrected chi connectivity index (χ2v) is 7.41. The highest BCUT2D eigenvalue weighted by atomic mass is 32.2. The van der Waals surface area contributed by atoms with Crippen molar-refractivity contribution in [3.63, 3.8) is 0 Å². The standard InChI is InChI=1S/C13H25N5O2S/c1-14-5-8-18-11-13(10-15-18)21(19,20)16-9-12-3-6-17(2)7-4-12/h10-12,14,16H,3-9H2,1-2H3. The van der Waals surface area contributed by atoms with Gasteiger partial charge in [0, 0.05) is 19.3 Å². The number of rotatable bonds is 7. The van der Waals surface area contributed by atoms with Crippen molar-refractivity contribution >= 4 is 10.0 Å². The smallest absolute Gasteiger partial charge is 0.243 e. The summed E-state index contributed by atoms with van der Waals surface area (Å²) in [7, 11) is 0.504. The van der Waals surface area contributed by atoms with E-state index in [2.05, 4.69) is 27.1 Å². The van der Waals surface area contributed by atoms with Gasteiger partial charge in [0.05, 0.1) is 12.7 Å². The Bertz CT molecular complexity index is 535. The van der Waals surface area contributed by atoms with Crippen LogP contribution in [-0.4, -0.2) is 63.4 Å². The van der Waals surface area contributed by atoms with E-state index in [0.29, 0.717) is 19.0 Å². The molecule has 0 aliphatic carbocycles. The van der Waals surface area contributed by atoms with Gasteiger partial charge in [0.25, 0.3) is 0 Å². The Hall–Kier alpha value is -0.960. The number of sulfonamides is 1. The number of nitrogens with one attached hydrogen (secondary N) is 2. The van der Waals surface area contributed by atoms with Crippen molar-refractivity contribution in [3.05, 3.63) is 12.4 Å². The fourth-order valence-corrected chi connectivity index (χ4v) is 3.48. The van der Waals surface area contributed by atoms with E-state index in [9.17, 15) is 8.42 Å². The molecule has 1 aliphatic rings. The lowest BCUT2D eigenvalue weighted by Crippen LogP contribution is -2.36. The van der Waals surface area contributed by atoms with Crippen molar-refractivity contribution in [1.29, 1.82) is 0 Å². The molecule has 0 unspecified atom stereocenters. The Morgan fingerprint density at radius 2 is 2.10 bits per heavy atom. The van der Waals surface area contributed by atoms with Crippen LogP contribution in [0.4, 0.5) is 0 Å². The summed E-state index contributed by atoms with van der Waals surface area (Å²) in [6.07, 6.45) is 5.07. The molecule has 0 atom stereocenters. The molecule has 1 fully saturated rings. The molecule has 0 bridgehead atoms. The van der Waals surface area contributed by atoms with Crippen molar-refractivity contribution in [2.45, 2.75) is 24.3 Å². The molecule has 0 amide bonds. The summed E-state index contributed by atoms with van der Waals surface area (Å²) in [5.74, 6) is 0.426. The van der Waals surface area contributed by atoms with Crippen LogP contribution >= 0.6 is 0 Å². The van der Waals surface area contributed by atoms with Gasteiger partial charge in [-0.3, -0.25) is 4.68 Å². The maximum Gasteiger partial charge on any atom is 0.243 e. The summed E-state index contributed by atoms with van der Waals surface area (Å²) in [5.41, 5.74) is 0. The van der Waals surface area contributed by atoms with Crippen LogP contribution in [0.3, 0.4) is 0 Å². The number of nitrogens with zero attached hydrogens (tertiary/aromatic N) is 3. The predicted octanol–water partition coefficient (Wildman–Crippen LogP) is -0.277. The van der Waals surface area contributed by atoms with Gasteiger partial charge in [0.2, 0.25) is 10.0 Å². The Morgan fingerprint density at radius 3 is 2.76 bits per heavy atom. The van der Waals surface area contributed by atoms with Crippen LogP contribution in [-0.2, 0) is 16.6 Å². The van der Waals surface area contributed by atoms with Gasteiger partial charge in [-0.1, -0.05) is 0 Å². The molecule has 7 nitrogen and oxygen atoms in total. The van der Waals surface area contributed by atoms with Gasteiger partial charge in [-0.05, 0) is 45.9 Å². The van der Waals surface area contributed by atoms with Gasteiger partial charge in [0.15, 0.2) is 0 Å². The number of piperidine rings is 1. The number of hydrogen-bond acceptors (Lipinski definition) is 5. The van der Waals surface area contributed by atoms with Gasteiger partial charge in [0.1, 0.15) is 4.90 Å². The molecule has 2 rings (SSSR count). The third kappa shape index (κ3) is 4.77. The molecular weight excluding hydrogens is 290 g/mol. The zero-order valence-corrected chi connectivity index (χ0v) is 13.6. The predicted molar refractivity (Wildman–Crippen MR) is 81.6 cm³/mol. The Labute approximate surface area is 126 Å². The first-order chi connectivity index (χ1) is 10.0. The lowest BCUT2D eigenvalue weighted by atomic mass is 9.98. The van der Waals surface area contributed by atoms with E-state index in [4.69, 9.17) is 0 Å². The SMILES string of the molecule is CNCCn1cc(S(=O)(=O)NCC2CCN(C)CC2)cn1. The summed E-state index contributed by atoms with van der Waals surface area (Å²) >= 11 is 0. The van der Waals surface area contributed by atoms with Gasteiger partial charge >= 0.3 is 0 Å². The van der Waals surface area contributed by atoms with E-state index >= 15 is 0 Å². The number of aromatic nitrogens is 2. The number of likely N-dealkylation sites (N-methyl/N-ethyl adjacent to an activating group) is 1. The lowest BCUT2D eigenvalue weighted by Gasteiger charge is -2.28. The second kappa shape index (κ2) is 7.35. The van der Waals surface area contributed by atoms with Crippen LogP contribution < -0.4 is 10.0 Å². The van der Waals surface area contributed by atoms with E-state index in [0.717, 1.165) is 32.5 Å². The third-order valence-corrected chi connectivity index (χ3v) is 5.29. The summed E-state index contributed by atoms with van der Waals surface area (Å²) in [5, 5.41) is 7.08. The average Bonchev–Trinajstić information content (AvgIpc) is 2.94. The van der Waals surface area contributed by atoms with Gasteiger partial charge in [-0.25, -0.2) is 13.1 Å². The highest BCUT2D eigenvalue weighted by Crippen LogP contribution is 2.16. The molecular formula is C13H25N5O2S. The highest BCUT2D eigenvalue weighted by molar-refractivity contribution is 7.89. The van der Waals surface area contributed by atoms with E-state index in [1.807, 2.05) is 7.05 Å². The number of likely N-dealkylation sites (tertiary alicyclic amines) is 1. The summed E-state index contributed by atoms with van der Waals surface area (Å²) < 4.78 is 28.8. The first-order valence-corrected chi connectivity index (χ1v) is 8.85. The Balaban J connectivity index is 1.87. The van der Waals surface area contributed by atoms with Gasteiger partial charge < -0.3 is 10.2 Å². The van der Waals surface area contributed by atoms with Crippen molar-refractivity contribution in [1.82, 2.24) is 24.7 Å². The zero-order chi connectivity index (χ0) is 15.3. The maximum absolute atomic E-state index is 12.2. The van der Waals surface area contributed by atoms with Gasteiger partial charge in [-0.2, -0.15) is 5.10 Å². The summed E-state index contributed by atoms with van der Waals surface area (Å²) in [4.78, 5) is 2.52. The van der Waals surface area contributed by atoms with Crippen LogP contribution in [0.25, 0.3) is 0 Å². The zero-order valence-electron chi connectivity index (χ0n) is 12.7. The van der Waals surface area contributed by atoms with E-state index in [1.165, 1.54) is 6.20 Å². The molecule has 1 aromatic heterocycles. The van der Waals surface area contributed by atoms with Crippen molar-refractivity contribution in [2.24, 2.45) is 5.92 Å². The molecule has 1 aromatic rings. The number of hydrogen-bond donors (Lipinski definition) is 2. The fourth-order valence-electron chi connectivity index (χ4n) is 2.41. The summed E-state index contributed by atoms with van der Waals surface area (Å²) in [6.45, 7) is 3.99.